The SMILES string of the molecule is CCOC(Cc1ccc(OCCN(CCCOCc2cc(Cl)cc(Cl)c2)C(=O)Nc2cccc(OC)c2)cc1)C(=O)O. The largest absolute Gasteiger partial charge is 0.497 e. The van der Waals surface area contributed by atoms with Crippen molar-refractivity contribution in [2.45, 2.75) is 32.5 Å². The molecule has 3 aromatic rings. The summed E-state index contributed by atoms with van der Waals surface area (Å²) in [7, 11) is 1.57. The summed E-state index contributed by atoms with van der Waals surface area (Å²) in [5.74, 6) is 0.249. The molecule has 3 aromatic carbocycles. The van der Waals surface area contributed by atoms with Crippen LogP contribution in [0.1, 0.15) is 24.5 Å². The van der Waals surface area contributed by atoms with E-state index in [4.69, 9.17) is 42.1 Å². The Morgan fingerprint density at radius 1 is 0.929 bits per heavy atom. The fraction of sp³-hybridized carbons (Fsp3) is 0.355. The van der Waals surface area contributed by atoms with Gasteiger partial charge in [0.1, 0.15) is 18.1 Å². The molecule has 0 spiro atoms. The highest BCUT2D eigenvalue weighted by atomic mass is 35.5. The van der Waals surface area contributed by atoms with Crippen LogP contribution in [-0.2, 0) is 27.3 Å². The molecule has 9 nitrogen and oxygen atoms in total. The first kappa shape index (κ1) is 33.0. The Labute approximate surface area is 256 Å². The molecule has 42 heavy (non-hydrogen) atoms. The molecule has 0 aliphatic rings. The van der Waals surface area contributed by atoms with E-state index in [0.717, 1.165) is 11.1 Å². The van der Waals surface area contributed by atoms with Crippen molar-refractivity contribution in [1.82, 2.24) is 4.90 Å². The van der Waals surface area contributed by atoms with Gasteiger partial charge >= 0.3 is 12.0 Å². The van der Waals surface area contributed by atoms with Crippen molar-refractivity contribution in [2.75, 3.05) is 45.3 Å². The summed E-state index contributed by atoms with van der Waals surface area (Å²) in [6.45, 7) is 3.88. The van der Waals surface area contributed by atoms with Crippen molar-refractivity contribution in [3.05, 3.63) is 87.9 Å². The average Bonchev–Trinajstić information content (AvgIpc) is 2.96. The number of halogens is 2. The molecule has 226 valence electrons. The molecule has 0 saturated carbocycles. The molecule has 0 aliphatic carbocycles. The van der Waals surface area contributed by atoms with E-state index in [1.54, 1.807) is 73.5 Å². The van der Waals surface area contributed by atoms with Gasteiger partial charge in [-0.25, -0.2) is 9.59 Å². The van der Waals surface area contributed by atoms with Crippen molar-refractivity contribution in [2.24, 2.45) is 0 Å². The predicted octanol–water partition coefficient (Wildman–Crippen LogP) is 6.55. The number of hydrogen-bond acceptors (Lipinski definition) is 6. The normalized spacial score (nSPS) is 11.5. The minimum atomic E-state index is -0.997. The molecule has 0 bridgehead atoms. The summed E-state index contributed by atoms with van der Waals surface area (Å²) < 4.78 is 22.2. The van der Waals surface area contributed by atoms with E-state index < -0.39 is 12.1 Å². The number of nitrogens with one attached hydrogen (secondary N) is 1. The van der Waals surface area contributed by atoms with Crippen LogP contribution in [0.5, 0.6) is 11.5 Å². The number of benzene rings is 3. The lowest BCUT2D eigenvalue weighted by molar-refractivity contribution is -0.149. The molecule has 2 amide bonds. The minimum Gasteiger partial charge on any atom is -0.497 e. The summed E-state index contributed by atoms with van der Waals surface area (Å²) in [5.41, 5.74) is 2.31. The quantitative estimate of drug-likeness (QED) is 0.165. The third-order valence-electron chi connectivity index (χ3n) is 6.13. The van der Waals surface area contributed by atoms with E-state index in [1.165, 1.54) is 0 Å². The van der Waals surface area contributed by atoms with E-state index in [1.807, 2.05) is 12.1 Å². The van der Waals surface area contributed by atoms with Crippen LogP contribution in [0, 0.1) is 0 Å². The van der Waals surface area contributed by atoms with E-state index in [-0.39, 0.29) is 19.1 Å². The highest BCUT2D eigenvalue weighted by Gasteiger charge is 2.18. The number of carboxylic acids is 1. The molecule has 0 heterocycles. The van der Waals surface area contributed by atoms with Crippen molar-refractivity contribution < 1.29 is 33.6 Å². The molecule has 0 fully saturated rings. The number of aliphatic carboxylic acids is 1. The summed E-state index contributed by atoms with van der Waals surface area (Å²) in [6, 6.07) is 19.3. The molecule has 1 unspecified atom stereocenters. The lowest BCUT2D eigenvalue weighted by Crippen LogP contribution is -2.39. The maximum absolute atomic E-state index is 13.2. The topological polar surface area (TPSA) is 107 Å². The van der Waals surface area contributed by atoms with Gasteiger partial charge in [-0.15, -0.1) is 0 Å². The Morgan fingerprint density at radius 2 is 1.67 bits per heavy atom. The van der Waals surface area contributed by atoms with Crippen LogP contribution in [0.2, 0.25) is 10.0 Å². The number of nitrogens with zero attached hydrogens (tertiary/aromatic N) is 1. The van der Waals surface area contributed by atoms with E-state index >= 15 is 0 Å². The number of hydrogen-bond donors (Lipinski definition) is 2. The number of urea groups is 1. The summed E-state index contributed by atoms with van der Waals surface area (Å²) >= 11 is 12.1. The van der Waals surface area contributed by atoms with Crippen LogP contribution in [0.3, 0.4) is 0 Å². The number of amides is 2. The molecule has 0 saturated heterocycles. The molecular weight excluding hydrogens is 583 g/mol. The predicted molar refractivity (Wildman–Crippen MR) is 163 cm³/mol. The zero-order valence-corrected chi connectivity index (χ0v) is 25.2. The van der Waals surface area contributed by atoms with E-state index in [0.29, 0.717) is 66.6 Å². The van der Waals surface area contributed by atoms with Crippen molar-refractivity contribution in [1.29, 1.82) is 0 Å². The van der Waals surface area contributed by atoms with E-state index in [9.17, 15) is 14.7 Å². The monoisotopic (exact) mass is 618 g/mol. The second-order valence-corrected chi connectivity index (χ2v) is 10.2. The van der Waals surface area contributed by atoms with Crippen LogP contribution in [-0.4, -0.2) is 68.1 Å². The Kier molecular flexibility index (Phi) is 13.7. The van der Waals surface area contributed by atoms with Crippen LogP contribution < -0.4 is 14.8 Å². The molecule has 11 heteroatoms. The highest BCUT2D eigenvalue weighted by Crippen LogP contribution is 2.20. The Hall–Kier alpha value is -3.50. The first-order valence-corrected chi connectivity index (χ1v) is 14.3. The standard InChI is InChI=1S/C31H36Cl2N2O7/c1-3-41-29(30(36)37)18-22-8-10-27(11-9-22)42-15-13-35(31(38)34-26-6-4-7-28(20-26)39-2)12-5-14-40-21-23-16-24(32)19-25(33)17-23/h4,6-11,16-17,19-20,29H,3,5,12-15,18,21H2,1-2H3,(H,34,38)(H,36,37). The number of carbonyl (C=O) groups excluding carboxylic acids is 1. The Bertz CT molecular complexity index is 1270. The minimum absolute atomic E-state index is 0.253. The third kappa shape index (κ3) is 11.4. The Morgan fingerprint density at radius 3 is 2.33 bits per heavy atom. The summed E-state index contributed by atoms with van der Waals surface area (Å²) in [5, 5.41) is 13.3. The Balaban J connectivity index is 1.54. The first-order chi connectivity index (χ1) is 20.3. The third-order valence-corrected chi connectivity index (χ3v) is 6.57. The maximum Gasteiger partial charge on any atom is 0.333 e. The number of carboxylic acid groups (broad SMARTS) is 1. The highest BCUT2D eigenvalue weighted by molar-refractivity contribution is 6.34. The van der Waals surface area contributed by atoms with Gasteiger partial charge in [-0.1, -0.05) is 41.4 Å². The van der Waals surface area contributed by atoms with Crippen molar-refractivity contribution in [3.8, 4) is 11.5 Å². The summed E-state index contributed by atoms with van der Waals surface area (Å²) in [6.07, 6.45) is -0.0431. The van der Waals surface area contributed by atoms with Gasteiger partial charge in [-0.3, -0.25) is 0 Å². The maximum atomic E-state index is 13.2. The zero-order valence-electron chi connectivity index (χ0n) is 23.7. The molecule has 0 aromatic heterocycles. The molecule has 0 aliphatic heterocycles. The van der Waals surface area contributed by atoms with Crippen molar-refractivity contribution >= 4 is 40.9 Å². The lowest BCUT2D eigenvalue weighted by atomic mass is 10.1. The van der Waals surface area contributed by atoms with E-state index in [2.05, 4.69) is 5.32 Å². The van der Waals surface area contributed by atoms with Gasteiger partial charge in [0.2, 0.25) is 0 Å². The second kappa shape index (κ2) is 17.5. The summed E-state index contributed by atoms with van der Waals surface area (Å²) in [4.78, 5) is 26.2. The van der Waals surface area contributed by atoms with Crippen LogP contribution in [0.15, 0.2) is 66.7 Å². The fourth-order valence-corrected chi connectivity index (χ4v) is 4.66. The number of rotatable bonds is 17. The molecule has 3 rings (SSSR count). The van der Waals surface area contributed by atoms with Gasteiger partial charge < -0.3 is 34.3 Å². The number of methoxy groups -OCH3 is 1. The van der Waals surface area contributed by atoms with Crippen LogP contribution in [0.25, 0.3) is 0 Å². The van der Waals surface area contributed by atoms with Gasteiger partial charge in [0.15, 0.2) is 6.10 Å². The smallest absolute Gasteiger partial charge is 0.333 e. The average molecular weight is 620 g/mol. The van der Waals surface area contributed by atoms with Crippen LogP contribution >= 0.6 is 23.2 Å². The number of ether oxygens (including phenoxy) is 4. The molecule has 2 N–H and O–H groups in total. The van der Waals surface area contributed by atoms with Gasteiger partial charge in [-0.2, -0.15) is 0 Å². The van der Waals surface area contributed by atoms with Gasteiger partial charge in [-0.05, 0) is 66.9 Å². The molecular formula is C31H36Cl2N2O7. The zero-order chi connectivity index (χ0) is 30.3. The number of carbonyl (C=O) groups is 2. The first-order valence-electron chi connectivity index (χ1n) is 13.6. The lowest BCUT2D eigenvalue weighted by Gasteiger charge is -2.23. The van der Waals surface area contributed by atoms with Gasteiger partial charge in [0, 0.05) is 48.0 Å². The number of anilines is 1. The van der Waals surface area contributed by atoms with Crippen LogP contribution in [0.4, 0.5) is 10.5 Å². The molecule has 1 atom stereocenters. The van der Waals surface area contributed by atoms with Gasteiger partial charge in [0.05, 0.1) is 20.3 Å². The molecule has 0 radical (unpaired) electrons. The second-order valence-electron chi connectivity index (χ2n) is 9.31. The van der Waals surface area contributed by atoms with Gasteiger partial charge in [0.25, 0.3) is 0 Å². The van der Waals surface area contributed by atoms with Crippen molar-refractivity contribution in [3.63, 3.8) is 0 Å². The fourth-order valence-electron chi connectivity index (χ4n) is 4.09.